The highest BCUT2D eigenvalue weighted by Gasteiger charge is 2.10. The maximum Gasteiger partial charge on any atom is 0.314 e. The Labute approximate surface area is 154 Å². The van der Waals surface area contributed by atoms with Crippen molar-refractivity contribution in [2.75, 3.05) is 5.32 Å². The molecule has 0 saturated heterocycles. The lowest BCUT2D eigenvalue weighted by Gasteiger charge is -2.04. The summed E-state index contributed by atoms with van der Waals surface area (Å²) in [5.41, 5.74) is 5.99. The number of nitrogens with one attached hydrogen (secondary N) is 2. The molecular weight excluding hydrogens is 324 g/mol. The summed E-state index contributed by atoms with van der Waals surface area (Å²) in [6, 6.07) is 27.4. The molecule has 0 heterocycles. The molecule has 0 radical (unpaired) electrons. The third kappa shape index (κ3) is 5.50. The third-order valence-corrected chi connectivity index (χ3v) is 4.82. The molecule has 0 aromatic heterocycles. The van der Waals surface area contributed by atoms with E-state index in [1.807, 2.05) is 6.07 Å². The molecule has 3 heteroatoms. The van der Waals surface area contributed by atoms with Gasteiger partial charge in [0.1, 0.15) is 11.4 Å². The Balaban J connectivity index is 1.79. The second-order valence-corrected chi connectivity index (χ2v) is 7.07. The van der Waals surface area contributed by atoms with Gasteiger partial charge < -0.3 is 0 Å². The van der Waals surface area contributed by atoms with E-state index >= 15 is 0 Å². The molecule has 0 unspecified atom stereocenters. The first-order valence-corrected chi connectivity index (χ1v) is 9.39. The van der Waals surface area contributed by atoms with Gasteiger partial charge in [0, 0.05) is 5.75 Å². The molecule has 0 atom stereocenters. The topological polar surface area (TPSA) is 26.0 Å². The highest BCUT2D eigenvalue weighted by atomic mass is 32.2. The Kier molecular flexibility index (Phi) is 5.91. The van der Waals surface area contributed by atoms with E-state index in [1.54, 1.807) is 11.8 Å². The highest BCUT2D eigenvalue weighted by molar-refractivity contribution is 8.13. The van der Waals surface area contributed by atoms with Crippen molar-refractivity contribution in [1.82, 2.24) is 0 Å². The summed E-state index contributed by atoms with van der Waals surface area (Å²) in [5.74, 6) is 0.911. The predicted molar refractivity (Wildman–Crippen MR) is 109 cm³/mol. The maximum atomic E-state index is 3.51. The molecule has 0 amide bonds. The zero-order chi connectivity index (χ0) is 17.5. The minimum Gasteiger partial charge on any atom is -0.235 e. The summed E-state index contributed by atoms with van der Waals surface area (Å²) in [6.07, 6.45) is 0. The van der Waals surface area contributed by atoms with Gasteiger partial charge in [0.15, 0.2) is 0 Å². The van der Waals surface area contributed by atoms with Crippen molar-refractivity contribution in [2.45, 2.75) is 19.6 Å². The van der Waals surface area contributed by atoms with E-state index < -0.39 is 0 Å². The molecule has 3 rings (SSSR count). The van der Waals surface area contributed by atoms with Gasteiger partial charge in [-0.3, -0.25) is 0 Å². The van der Waals surface area contributed by atoms with Crippen molar-refractivity contribution in [2.24, 2.45) is 0 Å². The maximum absolute atomic E-state index is 3.51. The Hall–Kier alpha value is -2.52. The number of anilines is 1. The van der Waals surface area contributed by atoms with Gasteiger partial charge in [0.25, 0.3) is 0 Å². The van der Waals surface area contributed by atoms with Crippen molar-refractivity contribution >= 4 is 28.3 Å². The van der Waals surface area contributed by atoms with E-state index in [1.165, 1.54) is 16.7 Å². The number of thioether (sulfide) groups is 1. The van der Waals surface area contributed by atoms with Gasteiger partial charge in [0.05, 0.1) is 0 Å². The van der Waals surface area contributed by atoms with Crippen LogP contribution in [0.4, 0.5) is 11.4 Å². The Bertz CT molecular complexity index is 822. The summed E-state index contributed by atoms with van der Waals surface area (Å²) >= 11 is 1.77. The van der Waals surface area contributed by atoms with E-state index in [4.69, 9.17) is 0 Å². The zero-order valence-electron chi connectivity index (χ0n) is 14.6. The van der Waals surface area contributed by atoms with Gasteiger partial charge in [-0.1, -0.05) is 65.7 Å². The molecular formula is C22H23N2S+. The number of hydrogen-bond acceptors (Lipinski definition) is 1. The van der Waals surface area contributed by atoms with Crippen LogP contribution in [0.2, 0.25) is 0 Å². The van der Waals surface area contributed by atoms with Crippen LogP contribution in [-0.4, -0.2) is 5.17 Å². The molecule has 2 nitrogen and oxygen atoms in total. The molecule has 0 fully saturated rings. The van der Waals surface area contributed by atoms with Crippen molar-refractivity contribution < 1.29 is 4.99 Å². The van der Waals surface area contributed by atoms with Gasteiger partial charge in [-0.15, -0.1) is 0 Å². The van der Waals surface area contributed by atoms with Crippen LogP contribution in [0.5, 0.6) is 0 Å². The van der Waals surface area contributed by atoms with Gasteiger partial charge in [-0.2, -0.15) is 0 Å². The molecule has 3 aromatic carbocycles. The normalized spacial score (nSPS) is 11.4. The minimum absolute atomic E-state index is 0.911. The van der Waals surface area contributed by atoms with Crippen LogP contribution in [-0.2, 0) is 5.75 Å². The molecule has 0 aliphatic carbocycles. The molecule has 126 valence electrons. The summed E-state index contributed by atoms with van der Waals surface area (Å²) < 4.78 is 0. The summed E-state index contributed by atoms with van der Waals surface area (Å²) in [6.45, 7) is 4.20. The lowest BCUT2D eigenvalue weighted by atomic mass is 10.2. The van der Waals surface area contributed by atoms with Crippen LogP contribution in [0, 0.1) is 13.8 Å². The first kappa shape index (κ1) is 17.3. The van der Waals surface area contributed by atoms with E-state index in [2.05, 4.69) is 97.0 Å². The third-order valence-electron chi connectivity index (χ3n) is 3.84. The average molecular weight is 348 g/mol. The fourth-order valence-electron chi connectivity index (χ4n) is 2.37. The van der Waals surface area contributed by atoms with Crippen molar-refractivity contribution in [3.05, 3.63) is 95.6 Å². The lowest BCUT2D eigenvalue weighted by molar-refractivity contribution is -0.349. The highest BCUT2D eigenvalue weighted by Crippen LogP contribution is 2.15. The summed E-state index contributed by atoms with van der Waals surface area (Å²) in [4.78, 5) is 3.51. The fourth-order valence-corrected chi connectivity index (χ4v) is 3.25. The van der Waals surface area contributed by atoms with Crippen LogP contribution in [0.1, 0.15) is 16.7 Å². The number of aryl methyl sites for hydroxylation is 2. The summed E-state index contributed by atoms with van der Waals surface area (Å²) in [7, 11) is 0. The standard InChI is InChI=1S/C22H22N2S/c1-17-8-12-20(13-9-17)23-22(24-21-14-10-18(2)11-15-21)25-16-19-6-4-3-5-7-19/h3-15H,16H2,1-2H3,(H,23,24)/p+1. The van der Waals surface area contributed by atoms with E-state index in [0.29, 0.717) is 0 Å². The first-order valence-electron chi connectivity index (χ1n) is 8.40. The quantitative estimate of drug-likeness (QED) is 0.540. The lowest BCUT2D eigenvalue weighted by Crippen LogP contribution is -2.67. The summed E-state index contributed by atoms with van der Waals surface area (Å²) in [5, 5.41) is 4.53. The predicted octanol–water partition coefficient (Wildman–Crippen LogP) is 4.42. The van der Waals surface area contributed by atoms with Crippen molar-refractivity contribution in [3.8, 4) is 0 Å². The number of hydrogen-bond donors (Lipinski definition) is 2. The van der Waals surface area contributed by atoms with Gasteiger partial charge in [-0.05, 0) is 55.4 Å². The van der Waals surface area contributed by atoms with Crippen LogP contribution in [0.15, 0.2) is 78.9 Å². The molecule has 3 aromatic rings. The van der Waals surface area contributed by atoms with E-state index in [9.17, 15) is 0 Å². The van der Waals surface area contributed by atoms with Gasteiger partial charge >= 0.3 is 5.17 Å². The molecule has 0 spiro atoms. The van der Waals surface area contributed by atoms with Gasteiger partial charge in [0.2, 0.25) is 0 Å². The second kappa shape index (κ2) is 8.54. The largest absolute Gasteiger partial charge is 0.314 e. The van der Waals surface area contributed by atoms with Crippen LogP contribution >= 0.6 is 11.8 Å². The molecule has 0 aliphatic rings. The number of amidine groups is 1. The molecule has 0 aliphatic heterocycles. The minimum atomic E-state index is 0.911. The SMILES string of the molecule is Cc1ccc(NC(=[NH+]c2ccc(C)cc2)SCc2ccccc2)cc1. The molecule has 25 heavy (non-hydrogen) atoms. The Morgan fingerprint density at radius 1 is 0.800 bits per heavy atom. The van der Waals surface area contributed by atoms with E-state index in [-0.39, 0.29) is 0 Å². The first-order chi connectivity index (χ1) is 12.2. The molecule has 0 bridgehead atoms. The monoisotopic (exact) mass is 347 g/mol. The van der Waals surface area contributed by atoms with E-state index in [0.717, 1.165) is 22.3 Å². The smallest absolute Gasteiger partial charge is 0.235 e. The Morgan fingerprint density at radius 2 is 1.40 bits per heavy atom. The van der Waals surface area contributed by atoms with Crippen LogP contribution < -0.4 is 10.3 Å². The number of benzene rings is 3. The average Bonchev–Trinajstić information content (AvgIpc) is 2.64. The Morgan fingerprint density at radius 3 is 2.04 bits per heavy atom. The fraction of sp³-hybridized carbons (Fsp3) is 0.136. The second-order valence-electron chi connectivity index (χ2n) is 6.09. The van der Waals surface area contributed by atoms with Crippen LogP contribution in [0.3, 0.4) is 0 Å². The molecule has 2 N–H and O–H groups in total. The zero-order valence-corrected chi connectivity index (χ0v) is 15.4. The van der Waals surface area contributed by atoms with Crippen molar-refractivity contribution in [3.63, 3.8) is 0 Å². The van der Waals surface area contributed by atoms with Crippen LogP contribution in [0.25, 0.3) is 0 Å². The molecule has 0 saturated carbocycles. The van der Waals surface area contributed by atoms with Gasteiger partial charge in [-0.25, -0.2) is 10.3 Å². The van der Waals surface area contributed by atoms with Crippen molar-refractivity contribution in [1.29, 1.82) is 0 Å². The number of rotatable bonds is 4.